The molecule has 0 radical (unpaired) electrons. The third-order valence-corrected chi connectivity index (χ3v) is 4.57. The molecule has 0 spiro atoms. The van der Waals surface area contributed by atoms with Crippen molar-refractivity contribution in [3.05, 3.63) is 52.1 Å². The van der Waals surface area contributed by atoms with E-state index in [0.29, 0.717) is 34.5 Å². The Bertz CT molecular complexity index is 756. The van der Waals surface area contributed by atoms with E-state index < -0.39 is 10.8 Å². The Labute approximate surface area is 152 Å². The molecule has 0 unspecified atom stereocenters. The summed E-state index contributed by atoms with van der Waals surface area (Å²) in [6.45, 7) is 0.442. The number of rotatable bonds is 7. The van der Waals surface area contributed by atoms with Crippen LogP contribution in [-0.2, 0) is 10.8 Å². The topological polar surface area (TPSA) is 68.3 Å². The highest BCUT2D eigenvalue weighted by Gasteiger charge is 2.09. The number of ether oxygens (including phenoxy) is 1. The fraction of sp³-hybridized carbons (Fsp3) is 0.250. The van der Waals surface area contributed by atoms with E-state index in [2.05, 4.69) is 10.3 Å². The summed E-state index contributed by atoms with van der Waals surface area (Å²) < 4.78 is 16.6. The summed E-state index contributed by atoms with van der Waals surface area (Å²) in [6.07, 6.45) is 2.28. The average Bonchev–Trinajstić information content (AvgIpc) is 2.55. The number of pyridine rings is 1. The molecule has 0 aliphatic carbocycles. The molecule has 1 atom stereocenters. The molecule has 0 fully saturated rings. The number of carbonyl (C=O) groups excluding carboxylic acids is 1. The van der Waals surface area contributed by atoms with Crippen LogP contribution in [0.15, 0.2) is 36.4 Å². The van der Waals surface area contributed by atoms with E-state index in [1.54, 1.807) is 42.7 Å². The second kappa shape index (κ2) is 9.01. The molecule has 2 aromatic rings. The van der Waals surface area contributed by atoms with Crippen LogP contribution in [0.2, 0.25) is 10.0 Å². The van der Waals surface area contributed by atoms with Crippen LogP contribution in [0, 0.1) is 0 Å². The first-order valence-corrected chi connectivity index (χ1v) is 9.62. The minimum absolute atomic E-state index is 0.241. The van der Waals surface area contributed by atoms with Crippen LogP contribution in [0.25, 0.3) is 0 Å². The SMILES string of the molecule is C[S@@](=O)CCCNC(=O)c1cccc(Oc2ccc(Cl)c(Cl)c2)n1. The molecule has 8 heteroatoms. The summed E-state index contributed by atoms with van der Waals surface area (Å²) >= 11 is 11.8. The van der Waals surface area contributed by atoms with Crippen molar-refractivity contribution in [2.45, 2.75) is 6.42 Å². The van der Waals surface area contributed by atoms with Gasteiger partial charge in [-0.05, 0) is 24.6 Å². The Kier molecular flexibility index (Phi) is 7.02. The van der Waals surface area contributed by atoms with Gasteiger partial charge in [0.2, 0.25) is 5.88 Å². The van der Waals surface area contributed by atoms with Gasteiger partial charge in [0, 0.05) is 41.5 Å². The predicted octanol–water partition coefficient (Wildman–Crippen LogP) is 3.68. The average molecular weight is 387 g/mol. The monoisotopic (exact) mass is 386 g/mol. The van der Waals surface area contributed by atoms with Crippen molar-refractivity contribution in [3.63, 3.8) is 0 Å². The van der Waals surface area contributed by atoms with Crippen LogP contribution in [0.5, 0.6) is 11.6 Å². The van der Waals surface area contributed by atoms with Gasteiger partial charge in [0.15, 0.2) is 0 Å². The van der Waals surface area contributed by atoms with Crippen molar-refractivity contribution in [1.29, 1.82) is 0 Å². The predicted molar refractivity (Wildman–Crippen MR) is 96.7 cm³/mol. The van der Waals surface area contributed by atoms with Gasteiger partial charge in [-0.25, -0.2) is 4.98 Å². The van der Waals surface area contributed by atoms with E-state index in [9.17, 15) is 9.00 Å². The summed E-state index contributed by atoms with van der Waals surface area (Å²) in [5.41, 5.74) is 0.241. The molecule has 1 aromatic heterocycles. The van der Waals surface area contributed by atoms with Gasteiger partial charge in [0.05, 0.1) is 10.0 Å². The van der Waals surface area contributed by atoms with Crippen LogP contribution < -0.4 is 10.1 Å². The second-order valence-corrected chi connectivity index (χ2v) is 7.29. The van der Waals surface area contributed by atoms with Gasteiger partial charge in [-0.3, -0.25) is 9.00 Å². The molecule has 0 saturated carbocycles. The van der Waals surface area contributed by atoms with E-state index in [1.165, 1.54) is 0 Å². The summed E-state index contributed by atoms with van der Waals surface area (Å²) in [4.78, 5) is 16.2. The quantitative estimate of drug-likeness (QED) is 0.736. The molecule has 1 aromatic carbocycles. The number of benzene rings is 1. The highest BCUT2D eigenvalue weighted by atomic mass is 35.5. The summed E-state index contributed by atoms with van der Waals surface area (Å²) in [5, 5.41) is 3.53. The number of hydrogen-bond acceptors (Lipinski definition) is 4. The third-order valence-electron chi connectivity index (χ3n) is 2.96. The van der Waals surface area contributed by atoms with Gasteiger partial charge in [-0.2, -0.15) is 0 Å². The molecule has 1 amide bonds. The lowest BCUT2D eigenvalue weighted by Gasteiger charge is -2.08. The van der Waals surface area contributed by atoms with E-state index in [1.807, 2.05) is 0 Å². The maximum atomic E-state index is 12.0. The number of hydrogen-bond donors (Lipinski definition) is 1. The van der Waals surface area contributed by atoms with Gasteiger partial charge < -0.3 is 10.1 Å². The summed E-state index contributed by atoms with van der Waals surface area (Å²) in [6, 6.07) is 9.76. The zero-order valence-electron chi connectivity index (χ0n) is 12.9. The van der Waals surface area contributed by atoms with Gasteiger partial charge in [-0.1, -0.05) is 29.3 Å². The molecule has 0 saturated heterocycles. The van der Waals surface area contributed by atoms with Crippen molar-refractivity contribution in [2.75, 3.05) is 18.6 Å². The number of carbonyl (C=O) groups is 1. The third kappa shape index (κ3) is 5.78. The van der Waals surface area contributed by atoms with Crippen molar-refractivity contribution < 1.29 is 13.7 Å². The first-order valence-electron chi connectivity index (χ1n) is 7.14. The minimum atomic E-state index is -0.862. The minimum Gasteiger partial charge on any atom is -0.439 e. The normalized spacial score (nSPS) is 11.8. The Morgan fingerprint density at radius 2 is 2.04 bits per heavy atom. The van der Waals surface area contributed by atoms with Crippen LogP contribution >= 0.6 is 23.2 Å². The van der Waals surface area contributed by atoms with Crippen molar-refractivity contribution in [2.24, 2.45) is 0 Å². The fourth-order valence-corrected chi connectivity index (χ4v) is 2.67. The fourth-order valence-electron chi connectivity index (χ4n) is 1.83. The molecule has 0 aliphatic heterocycles. The second-order valence-electron chi connectivity index (χ2n) is 4.93. The lowest BCUT2D eigenvalue weighted by atomic mass is 10.3. The van der Waals surface area contributed by atoms with Crippen molar-refractivity contribution >= 4 is 39.9 Å². The zero-order valence-corrected chi connectivity index (χ0v) is 15.2. The molecule has 1 N–H and O–H groups in total. The van der Waals surface area contributed by atoms with Gasteiger partial charge in [-0.15, -0.1) is 0 Å². The summed E-state index contributed by atoms with van der Waals surface area (Å²) in [7, 11) is -0.862. The number of nitrogens with one attached hydrogen (secondary N) is 1. The van der Waals surface area contributed by atoms with Crippen LogP contribution in [0.4, 0.5) is 0 Å². The molecule has 1 heterocycles. The van der Waals surface area contributed by atoms with Crippen LogP contribution in [-0.4, -0.2) is 33.7 Å². The maximum Gasteiger partial charge on any atom is 0.270 e. The largest absolute Gasteiger partial charge is 0.439 e. The molecule has 0 aliphatic rings. The molecule has 5 nitrogen and oxygen atoms in total. The Hall–Kier alpha value is -1.63. The van der Waals surface area contributed by atoms with E-state index >= 15 is 0 Å². The standard InChI is InChI=1S/C16H16Cl2N2O3S/c1-24(22)9-3-8-19-16(21)14-4-2-5-15(20-14)23-11-6-7-12(17)13(18)10-11/h2,4-7,10H,3,8-9H2,1H3,(H,19,21)/t24-/m1/s1. The Morgan fingerprint density at radius 1 is 1.25 bits per heavy atom. The Balaban J connectivity index is 1.98. The van der Waals surface area contributed by atoms with Crippen LogP contribution in [0.1, 0.15) is 16.9 Å². The molecular formula is C16H16Cl2N2O3S. The lowest BCUT2D eigenvalue weighted by molar-refractivity contribution is 0.0948. The number of halogens is 2. The van der Waals surface area contributed by atoms with E-state index in [0.717, 1.165) is 0 Å². The highest BCUT2D eigenvalue weighted by molar-refractivity contribution is 7.84. The van der Waals surface area contributed by atoms with Crippen molar-refractivity contribution in [3.8, 4) is 11.6 Å². The molecular weight excluding hydrogens is 371 g/mol. The van der Waals surface area contributed by atoms with Gasteiger partial charge in [0.1, 0.15) is 11.4 Å². The first-order chi connectivity index (χ1) is 11.5. The zero-order chi connectivity index (χ0) is 17.5. The van der Waals surface area contributed by atoms with E-state index in [-0.39, 0.29) is 17.5 Å². The Morgan fingerprint density at radius 3 is 2.75 bits per heavy atom. The first kappa shape index (κ1) is 18.7. The number of amides is 1. The smallest absolute Gasteiger partial charge is 0.270 e. The molecule has 128 valence electrons. The molecule has 24 heavy (non-hydrogen) atoms. The summed E-state index contributed by atoms with van der Waals surface area (Å²) in [5.74, 6) is 0.987. The van der Waals surface area contributed by atoms with Crippen LogP contribution in [0.3, 0.4) is 0 Å². The van der Waals surface area contributed by atoms with Gasteiger partial charge in [0.25, 0.3) is 5.91 Å². The maximum absolute atomic E-state index is 12.0. The van der Waals surface area contributed by atoms with Gasteiger partial charge >= 0.3 is 0 Å². The lowest BCUT2D eigenvalue weighted by Crippen LogP contribution is -2.26. The van der Waals surface area contributed by atoms with E-state index in [4.69, 9.17) is 27.9 Å². The number of aromatic nitrogens is 1. The van der Waals surface area contributed by atoms with Crippen molar-refractivity contribution in [1.82, 2.24) is 10.3 Å². The highest BCUT2D eigenvalue weighted by Crippen LogP contribution is 2.28. The molecule has 2 rings (SSSR count). The molecule has 0 bridgehead atoms. The number of nitrogens with zero attached hydrogens (tertiary/aromatic N) is 1.